The largest absolute Gasteiger partial charge is 0.459 e. The van der Waals surface area contributed by atoms with E-state index in [-0.39, 0.29) is 19.3 Å². The predicted molar refractivity (Wildman–Crippen MR) is 53.1 cm³/mol. The number of esters is 1. The fourth-order valence-corrected chi connectivity index (χ4v) is 0.747. The molecule has 3 atom stereocenters. The van der Waals surface area contributed by atoms with Gasteiger partial charge < -0.3 is 25.4 Å². The highest BCUT2D eigenvalue weighted by Gasteiger charge is 2.17. The maximum Gasteiger partial charge on any atom is 0.325 e. The standard InChI is InChI=1S/C9H19NO5/c1-6(3-11)14-5-7(2)15-9(13)8(10)4-12/h6-8,11-12H,3-5,10H2,1-2H3. The Morgan fingerprint density at radius 1 is 1.27 bits per heavy atom. The Morgan fingerprint density at radius 2 is 1.87 bits per heavy atom. The number of carbonyl (C=O) groups excluding carboxylic acids is 1. The molecule has 0 aliphatic carbocycles. The Balaban J connectivity index is 3.73. The SMILES string of the molecule is CC(CO)OCC(C)OC(=O)C(N)CO. The lowest BCUT2D eigenvalue weighted by Crippen LogP contribution is -2.38. The average Bonchev–Trinajstić information content (AvgIpc) is 2.24. The van der Waals surface area contributed by atoms with E-state index >= 15 is 0 Å². The van der Waals surface area contributed by atoms with Gasteiger partial charge in [0.1, 0.15) is 12.1 Å². The van der Waals surface area contributed by atoms with Crippen molar-refractivity contribution in [3.63, 3.8) is 0 Å². The van der Waals surface area contributed by atoms with Crippen molar-refractivity contribution in [2.75, 3.05) is 19.8 Å². The summed E-state index contributed by atoms with van der Waals surface area (Å²) in [5, 5.41) is 17.3. The smallest absolute Gasteiger partial charge is 0.325 e. The normalized spacial score (nSPS) is 16.9. The lowest BCUT2D eigenvalue weighted by atomic mass is 10.3. The van der Waals surface area contributed by atoms with Gasteiger partial charge in [-0.25, -0.2) is 0 Å². The van der Waals surface area contributed by atoms with E-state index in [9.17, 15) is 4.79 Å². The molecule has 0 saturated heterocycles. The van der Waals surface area contributed by atoms with Crippen LogP contribution in [0.15, 0.2) is 0 Å². The first-order chi connectivity index (χ1) is 7.01. The van der Waals surface area contributed by atoms with Crippen LogP contribution in [0.25, 0.3) is 0 Å². The highest BCUT2D eigenvalue weighted by molar-refractivity contribution is 5.75. The zero-order chi connectivity index (χ0) is 11.8. The van der Waals surface area contributed by atoms with E-state index in [1.165, 1.54) is 0 Å². The molecule has 0 bridgehead atoms. The molecule has 0 fully saturated rings. The zero-order valence-corrected chi connectivity index (χ0v) is 9.05. The zero-order valence-electron chi connectivity index (χ0n) is 9.05. The van der Waals surface area contributed by atoms with Gasteiger partial charge in [-0.1, -0.05) is 0 Å². The minimum atomic E-state index is -1.01. The number of carbonyl (C=O) groups is 1. The van der Waals surface area contributed by atoms with Gasteiger partial charge in [-0.3, -0.25) is 4.79 Å². The van der Waals surface area contributed by atoms with E-state index in [1.807, 2.05) is 0 Å². The summed E-state index contributed by atoms with van der Waals surface area (Å²) in [4.78, 5) is 11.1. The van der Waals surface area contributed by atoms with Gasteiger partial charge in [0, 0.05) is 0 Å². The maximum absolute atomic E-state index is 11.1. The Hall–Kier alpha value is -0.690. The fraction of sp³-hybridized carbons (Fsp3) is 0.889. The molecule has 90 valence electrons. The van der Waals surface area contributed by atoms with Crippen molar-refractivity contribution < 1.29 is 24.5 Å². The van der Waals surface area contributed by atoms with Gasteiger partial charge in [0.25, 0.3) is 0 Å². The topological polar surface area (TPSA) is 102 Å². The number of aliphatic hydroxyl groups excluding tert-OH is 2. The van der Waals surface area contributed by atoms with Crippen LogP contribution >= 0.6 is 0 Å². The summed E-state index contributed by atoms with van der Waals surface area (Å²) in [6.45, 7) is 3.00. The van der Waals surface area contributed by atoms with Crippen LogP contribution in [0.3, 0.4) is 0 Å². The van der Waals surface area contributed by atoms with Crippen LogP contribution in [-0.4, -0.2) is 54.3 Å². The van der Waals surface area contributed by atoms with Crippen LogP contribution in [-0.2, 0) is 14.3 Å². The van der Waals surface area contributed by atoms with E-state index in [2.05, 4.69) is 0 Å². The highest BCUT2D eigenvalue weighted by Crippen LogP contribution is 1.98. The minimum absolute atomic E-state index is 0.0865. The second kappa shape index (κ2) is 7.58. The molecule has 4 N–H and O–H groups in total. The molecule has 6 heteroatoms. The molecule has 0 amide bonds. The lowest BCUT2D eigenvalue weighted by molar-refractivity contribution is -0.154. The summed E-state index contributed by atoms with van der Waals surface area (Å²) < 4.78 is 10.0. The molecule has 0 aromatic heterocycles. The molecular weight excluding hydrogens is 202 g/mol. The summed E-state index contributed by atoms with van der Waals surface area (Å²) in [5.41, 5.74) is 5.24. The maximum atomic E-state index is 11.1. The molecule has 3 unspecified atom stereocenters. The van der Waals surface area contributed by atoms with Crippen molar-refractivity contribution in [1.29, 1.82) is 0 Å². The summed E-state index contributed by atoms with van der Waals surface area (Å²) >= 11 is 0. The third-order valence-electron chi connectivity index (χ3n) is 1.69. The van der Waals surface area contributed by atoms with E-state index in [0.717, 1.165) is 0 Å². The lowest BCUT2D eigenvalue weighted by Gasteiger charge is -2.17. The van der Waals surface area contributed by atoms with Crippen molar-refractivity contribution in [2.24, 2.45) is 5.73 Å². The molecular formula is C9H19NO5. The van der Waals surface area contributed by atoms with E-state index in [1.54, 1.807) is 13.8 Å². The first-order valence-electron chi connectivity index (χ1n) is 4.80. The van der Waals surface area contributed by atoms with Crippen LogP contribution in [0.4, 0.5) is 0 Å². The van der Waals surface area contributed by atoms with E-state index in [0.29, 0.717) is 0 Å². The Bertz CT molecular complexity index is 187. The molecule has 0 spiro atoms. The van der Waals surface area contributed by atoms with Gasteiger partial charge in [0.05, 0.1) is 25.9 Å². The molecule has 0 saturated carbocycles. The van der Waals surface area contributed by atoms with Crippen molar-refractivity contribution >= 4 is 5.97 Å². The number of aliphatic hydroxyl groups is 2. The van der Waals surface area contributed by atoms with Crippen LogP contribution < -0.4 is 5.73 Å². The number of hydrogen-bond acceptors (Lipinski definition) is 6. The van der Waals surface area contributed by atoms with Gasteiger partial charge in [-0.2, -0.15) is 0 Å². The molecule has 0 rings (SSSR count). The summed E-state index contributed by atoms with van der Waals surface area (Å²) in [6, 6.07) is -1.01. The monoisotopic (exact) mass is 221 g/mol. The fourth-order valence-electron chi connectivity index (χ4n) is 0.747. The van der Waals surface area contributed by atoms with Crippen molar-refractivity contribution in [1.82, 2.24) is 0 Å². The minimum Gasteiger partial charge on any atom is -0.459 e. The molecule has 0 aliphatic rings. The molecule has 15 heavy (non-hydrogen) atoms. The van der Waals surface area contributed by atoms with Gasteiger partial charge in [0.2, 0.25) is 0 Å². The van der Waals surface area contributed by atoms with Crippen molar-refractivity contribution in [2.45, 2.75) is 32.1 Å². The van der Waals surface area contributed by atoms with Crippen LogP contribution in [0.2, 0.25) is 0 Å². The second-order valence-electron chi connectivity index (χ2n) is 3.36. The first kappa shape index (κ1) is 14.3. The van der Waals surface area contributed by atoms with E-state index in [4.69, 9.17) is 25.4 Å². The second-order valence-corrected chi connectivity index (χ2v) is 3.36. The van der Waals surface area contributed by atoms with Crippen LogP contribution in [0.1, 0.15) is 13.8 Å². The van der Waals surface area contributed by atoms with Crippen LogP contribution in [0, 0.1) is 0 Å². The predicted octanol–water partition coefficient (Wildman–Crippen LogP) is -1.36. The number of rotatable bonds is 7. The third-order valence-corrected chi connectivity index (χ3v) is 1.69. The summed E-state index contributed by atoms with van der Waals surface area (Å²) in [7, 11) is 0. The molecule has 0 heterocycles. The summed E-state index contributed by atoms with van der Waals surface area (Å²) in [6.07, 6.45) is -0.748. The van der Waals surface area contributed by atoms with Crippen molar-refractivity contribution in [3.8, 4) is 0 Å². The molecule has 0 aromatic rings. The van der Waals surface area contributed by atoms with Gasteiger partial charge in [0.15, 0.2) is 0 Å². The number of hydrogen-bond donors (Lipinski definition) is 3. The molecule has 0 aliphatic heterocycles. The highest BCUT2D eigenvalue weighted by atomic mass is 16.6. The van der Waals surface area contributed by atoms with Crippen molar-refractivity contribution in [3.05, 3.63) is 0 Å². The summed E-state index contributed by atoms with van der Waals surface area (Å²) in [5.74, 6) is -0.662. The van der Waals surface area contributed by atoms with Gasteiger partial charge in [-0.05, 0) is 13.8 Å². The Kier molecular flexibility index (Phi) is 7.23. The van der Waals surface area contributed by atoms with Crippen LogP contribution in [0.5, 0.6) is 0 Å². The number of nitrogens with two attached hydrogens (primary N) is 1. The number of ether oxygens (including phenoxy) is 2. The third kappa shape index (κ3) is 6.40. The first-order valence-corrected chi connectivity index (χ1v) is 4.80. The molecule has 0 aromatic carbocycles. The van der Waals surface area contributed by atoms with Gasteiger partial charge in [-0.15, -0.1) is 0 Å². The molecule has 0 radical (unpaired) electrons. The average molecular weight is 221 g/mol. The van der Waals surface area contributed by atoms with E-state index < -0.39 is 24.7 Å². The quantitative estimate of drug-likeness (QED) is 0.459. The molecule has 6 nitrogen and oxygen atoms in total. The Labute approximate surface area is 89.0 Å². The Morgan fingerprint density at radius 3 is 2.33 bits per heavy atom. The van der Waals surface area contributed by atoms with Gasteiger partial charge >= 0.3 is 5.97 Å².